The number of anilines is 2. The minimum atomic E-state index is -0.639. The van der Waals surface area contributed by atoms with Gasteiger partial charge in [0.15, 0.2) is 0 Å². The standard InChI is InChI=1S/C23H25N3O3S/c1-15-8-10-18(11-9-15)26-17(3)22(28)25(23(26)29)14-21(27)24-13-12-16(2)30-20-7-5-4-6-19(20)24/h4-11,16-17H,12-14H2,1-3H3/t16-,17+/m0/s1. The van der Waals surface area contributed by atoms with Crippen LogP contribution in [0.15, 0.2) is 53.4 Å². The van der Waals surface area contributed by atoms with Crippen LogP contribution in [0.25, 0.3) is 0 Å². The Labute approximate surface area is 180 Å². The van der Waals surface area contributed by atoms with Crippen LogP contribution in [0.4, 0.5) is 16.2 Å². The average Bonchev–Trinajstić information content (AvgIpc) is 2.85. The van der Waals surface area contributed by atoms with Crippen LogP contribution in [-0.4, -0.2) is 47.1 Å². The first-order valence-electron chi connectivity index (χ1n) is 10.1. The van der Waals surface area contributed by atoms with Crippen LogP contribution < -0.4 is 9.80 Å². The van der Waals surface area contributed by atoms with E-state index in [0.717, 1.165) is 27.5 Å². The predicted octanol–water partition coefficient (Wildman–Crippen LogP) is 4.07. The van der Waals surface area contributed by atoms with Gasteiger partial charge in [-0.25, -0.2) is 4.79 Å². The normalized spacial score (nSPS) is 21.6. The Hall–Kier alpha value is -2.80. The summed E-state index contributed by atoms with van der Waals surface area (Å²) in [5, 5.41) is 0.385. The number of para-hydroxylation sites is 1. The number of nitrogens with zero attached hydrogens (tertiary/aromatic N) is 3. The molecule has 0 saturated carbocycles. The minimum absolute atomic E-state index is 0.239. The third-order valence-electron chi connectivity index (χ3n) is 5.60. The van der Waals surface area contributed by atoms with E-state index in [0.29, 0.717) is 17.5 Å². The highest BCUT2D eigenvalue weighted by Crippen LogP contribution is 2.37. The quantitative estimate of drug-likeness (QED) is 0.699. The van der Waals surface area contributed by atoms with Crippen LogP contribution in [0.3, 0.4) is 0 Å². The minimum Gasteiger partial charge on any atom is -0.310 e. The fraction of sp³-hybridized carbons (Fsp3) is 0.348. The molecule has 6 nitrogen and oxygen atoms in total. The molecule has 2 aromatic rings. The van der Waals surface area contributed by atoms with Crippen LogP contribution in [0.5, 0.6) is 0 Å². The van der Waals surface area contributed by atoms with Crippen molar-refractivity contribution < 1.29 is 14.4 Å². The monoisotopic (exact) mass is 423 g/mol. The van der Waals surface area contributed by atoms with Crippen LogP contribution in [0.2, 0.25) is 0 Å². The first-order valence-corrected chi connectivity index (χ1v) is 11.0. The number of imide groups is 1. The van der Waals surface area contributed by atoms with Crippen molar-refractivity contribution in [1.82, 2.24) is 4.90 Å². The number of aryl methyl sites for hydroxylation is 1. The zero-order valence-corrected chi connectivity index (χ0v) is 18.2. The molecule has 0 spiro atoms. The maximum absolute atomic E-state index is 13.2. The highest BCUT2D eigenvalue weighted by molar-refractivity contribution is 8.00. The van der Waals surface area contributed by atoms with E-state index in [9.17, 15) is 14.4 Å². The second-order valence-electron chi connectivity index (χ2n) is 7.82. The van der Waals surface area contributed by atoms with Gasteiger partial charge in [-0.15, -0.1) is 11.8 Å². The number of benzene rings is 2. The molecule has 0 bridgehead atoms. The molecule has 1 fully saturated rings. The van der Waals surface area contributed by atoms with E-state index in [2.05, 4.69) is 6.92 Å². The molecule has 2 aliphatic rings. The highest BCUT2D eigenvalue weighted by Gasteiger charge is 2.44. The van der Waals surface area contributed by atoms with Gasteiger partial charge in [0, 0.05) is 22.4 Å². The van der Waals surface area contributed by atoms with Crippen molar-refractivity contribution in [2.45, 2.75) is 43.4 Å². The Morgan fingerprint density at radius 1 is 1.07 bits per heavy atom. The van der Waals surface area contributed by atoms with Crippen molar-refractivity contribution in [3.63, 3.8) is 0 Å². The number of carbonyl (C=O) groups excluding carboxylic acids is 3. The number of urea groups is 1. The summed E-state index contributed by atoms with van der Waals surface area (Å²) in [6.45, 7) is 6.12. The summed E-state index contributed by atoms with van der Waals surface area (Å²) < 4.78 is 0. The summed E-state index contributed by atoms with van der Waals surface area (Å²) in [4.78, 5) is 44.4. The predicted molar refractivity (Wildman–Crippen MR) is 119 cm³/mol. The number of hydrogen-bond acceptors (Lipinski definition) is 4. The highest BCUT2D eigenvalue weighted by atomic mass is 32.2. The number of fused-ring (bicyclic) bond motifs is 1. The van der Waals surface area contributed by atoms with Crippen molar-refractivity contribution in [2.24, 2.45) is 0 Å². The van der Waals surface area contributed by atoms with Crippen LogP contribution in [-0.2, 0) is 9.59 Å². The van der Waals surface area contributed by atoms with E-state index in [1.807, 2.05) is 55.5 Å². The third kappa shape index (κ3) is 3.69. The maximum atomic E-state index is 13.2. The molecule has 30 heavy (non-hydrogen) atoms. The van der Waals surface area contributed by atoms with E-state index in [-0.39, 0.29) is 18.4 Å². The topological polar surface area (TPSA) is 60.9 Å². The molecular weight excluding hydrogens is 398 g/mol. The lowest BCUT2D eigenvalue weighted by atomic mass is 10.2. The van der Waals surface area contributed by atoms with Crippen molar-refractivity contribution in [1.29, 1.82) is 0 Å². The molecule has 2 aliphatic heterocycles. The molecule has 0 aromatic heterocycles. The van der Waals surface area contributed by atoms with Gasteiger partial charge in [0.1, 0.15) is 12.6 Å². The number of hydrogen-bond donors (Lipinski definition) is 0. The number of amides is 4. The third-order valence-corrected chi connectivity index (χ3v) is 6.83. The Balaban J connectivity index is 1.57. The fourth-order valence-corrected chi connectivity index (χ4v) is 4.99. The zero-order valence-electron chi connectivity index (χ0n) is 17.4. The molecule has 2 heterocycles. The summed E-state index contributed by atoms with van der Waals surface area (Å²) in [5.41, 5.74) is 2.58. The first-order chi connectivity index (χ1) is 14.4. The molecule has 0 radical (unpaired) electrons. The number of carbonyl (C=O) groups is 3. The summed E-state index contributed by atoms with van der Waals surface area (Å²) in [6.07, 6.45) is 0.846. The van der Waals surface area contributed by atoms with Gasteiger partial charge in [-0.2, -0.15) is 0 Å². The lowest BCUT2D eigenvalue weighted by Crippen LogP contribution is -2.44. The van der Waals surface area contributed by atoms with Gasteiger partial charge < -0.3 is 4.90 Å². The number of rotatable bonds is 3. The fourth-order valence-electron chi connectivity index (χ4n) is 3.88. The largest absolute Gasteiger partial charge is 0.332 e. The summed E-state index contributed by atoms with van der Waals surface area (Å²) in [5.74, 6) is -0.586. The molecular formula is C23H25N3O3S. The second kappa shape index (κ2) is 8.14. The Morgan fingerprint density at radius 2 is 1.77 bits per heavy atom. The van der Waals surface area contributed by atoms with Gasteiger partial charge in [-0.05, 0) is 44.5 Å². The van der Waals surface area contributed by atoms with Gasteiger partial charge in [-0.1, -0.05) is 36.8 Å². The van der Waals surface area contributed by atoms with E-state index >= 15 is 0 Å². The average molecular weight is 424 g/mol. The lowest BCUT2D eigenvalue weighted by molar-refractivity contribution is -0.131. The van der Waals surface area contributed by atoms with Gasteiger partial charge in [0.05, 0.1) is 5.69 Å². The van der Waals surface area contributed by atoms with Gasteiger partial charge >= 0.3 is 6.03 Å². The molecule has 7 heteroatoms. The van der Waals surface area contributed by atoms with Crippen molar-refractivity contribution in [3.05, 3.63) is 54.1 Å². The zero-order chi connectivity index (χ0) is 21.4. The van der Waals surface area contributed by atoms with E-state index < -0.39 is 12.1 Å². The molecule has 2 aromatic carbocycles. The van der Waals surface area contributed by atoms with Gasteiger partial charge in [-0.3, -0.25) is 19.4 Å². The SMILES string of the molecule is Cc1ccc(N2C(=O)N(CC(=O)N3CC[C@H](C)Sc4ccccc43)C(=O)[C@H]2C)cc1. The van der Waals surface area contributed by atoms with Crippen LogP contribution >= 0.6 is 11.8 Å². The van der Waals surface area contributed by atoms with E-state index in [4.69, 9.17) is 0 Å². The van der Waals surface area contributed by atoms with Gasteiger partial charge in [0.2, 0.25) is 5.91 Å². The smallest absolute Gasteiger partial charge is 0.310 e. The maximum Gasteiger partial charge on any atom is 0.332 e. The lowest BCUT2D eigenvalue weighted by Gasteiger charge is -2.25. The molecule has 0 unspecified atom stereocenters. The Kier molecular flexibility index (Phi) is 5.56. The van der Waals surface area contributed by atoms with E-state index in [1.54, 1.807) is 23.6 Å². The van der Waals surface area contributed by atoms with Gasteiger partial charge in [0.25, 0.3) is 5.91 Å². The van der Waals surface area contributed by atoms with Crippen molar-refractivity contribution in [2.75, 3.05) is 22.9 Å². The Morgan fingerprint density at radius 3 is 2.50 bits per heavy atom. The molecule has 0 N–H and O–H groups in total. The molecule has 156 valence electrons. The van der Waals surface area contributed by atoms with Crippen LogP contribution in [0, 0.1) is 6.92 Å². The summed E-state index contributed by atoms with van der Waals surface area (Å²) in [7, 11) is 0. The molecule has 1 saturated heterocycles. The molecule has 2 atom stereocenters. The summed E-state index contributed by atoms with van der Waals surface area (Å²) in [6, 6.07) is 14.2. The Bertz CT molecular complexity index is 991. The number of thioether (sulfide) groups is 1. The molecule has 4 rings (SSSR count). The second-order valence-corrected chi connectivity index (χ2v) is 9.30. The summed E-state index contributed by atoms with van der Waals surface area (Å²) >= 11 is 1.75. The van der Waals surface area contributed by atoms with E-state index in [1.165, 1.54) is 4.90 Å². The van der Waals surface area contributed by atoms with Crippen LogP contribution in [0.1, 0.15) is 25.8 Å². The molecule has 4 amide bonds. The van der Waals surface area contributed by atoms with Crippen molar-refractivity contribution in [3.8, 4) is 0 Å². The molecule has 0 aliphatic carbocycles. The first kappa shape index (κ1) is 20.5. The van der Waals surface area contributed by atoms with Crippen molar-refractivity contribution >= 4 is 41.0 Å².